The Morgan fingerprint density at radius 3 is 2.63 bits per heavy atom. The van der Waals surface area contributed by atoms with Gasteiger partial charge in [-0.3, -0.25) is 4.79 Å². The van der Waals surface area contributed by atoms with E-state index in [1.54, 1.807) is 25.0 Å². The highest BCUT2D eigenvalue weighted by atomic mass is 35.5. The van der Waals surface area contributed by atoms with Crippen molar-refractivity contribution in [1.82, 2.24) is 10.1 Å². The number of aryl methyl sites for hydroxylation is 1. The summed E-state index contributed by atoms with van der Waals surface area (Å²) in [5.41, 5.74) is 2.71. The van der Waals surface area contributed by atoms with Crippen molar-refractivity contribution in [3.63, 3.8) is 0 Å². The highest BCUT2D eigenvalue weighted by Crippen LogP contribution is 2.34. The molecule has 1 aromatic heterocycles. The summed E-state index contributed by atoms with van der Waals surface area (Å²) in [5.74, 6) is 0.326. The molecule has 0 saturated carbocycles. The van der Waals surface area contributed by atoms with Crippen LogP contribution in [0, 0.1) is 12.7 Å². The zero-order chi connectivity index (χ0) is 21.3. The van der Waals surface area contributed by atoms with Crippen molar-refractivity contribution in [1.29, 1.82) is 0 Å². The number of nitrogens with zero attached hydrogens (tertiary/aromatic N) is 2. The molecule has 0 radical (unpaired) electrons. The Bertz CT molecular complexity index is 1100. The van der Waals surface area contributed by atoms with E-state index < -0.39 is 5.82 Å². The lowest BCUT2D eigenvalue weighted by Crippen LogP contribution is -2.35. The third kappa shape index (κ3) is 3.71. The normalized spacial score (nSPS) is 13.9. The molecule has 2 aromatic carbocycles. The van der Waals surface area contributed by atoms with Crippen molar-refractivity contribution in [2.75, 3.05) is 20.2 Å². The lowest BCUT2D eigenvalue weighted by Gasteiger charge is -2.27. The number of amides is 1. The molecular formula is C23H20ClFN2O3. The molecule has 5 nitrogen and oxygen atoms in total. The van der Waals surface area contributed by atoms with Gasteiger partial charge in [0.25, 0.3) is 5.91 Å². The van der Waals surface area contributed by atoms with E-state index in [0.717, 1.165) is 11.3 Å². The standard InChI is InChI=1S/C23H20ClFN2O3/c1-14-20(22(26-30-14)21-18(24)4-3-5-19(21)25)23(28)27-12-10-16(11-13-27)15-6-8-17(29-2)9-7-15/h3-10H,11-13H2,1-2H3. The van der Waals surface area contributed by atoms with Crippen LogP contribution in [0.25, 0.3) is 16.8 Å². The zero-order valence-electron chi connectivity index (χ0n) is 16.6. The van der Waals surface area contributed by atoms with E-state index in [4.69, 9.17) is 20.9 Å². The smallest absolute Gasteiger partial charge is 0.260 e. The van der Waals surface area contributed by atoms with E-state index in [-0.39, 0.29) is 27.8 Å². The first-order valence-corrected chi connectivity index (χ1v) is 9.90. The molecular weight excluding hydrogens is 407 g/mol. The number of hydrogen-bond acceptors (Lipinski definition) is 4. The van der Waals surface area contributed by atoms with Gasteiger partial charge in [-0.1, -0.05) is 41.0 Å². The molecule has 0 bridgehead atoms. The van der Waals surface area contributed by atoms with Crippen LogP contribution in [0.2, 0.25) is 5.02 Å². The first kappa shape index (κ1) is 20.2. The summed E-state index contributed by atoms with van der Waals surface area (Å²) in [5, 5.41) is 4.11. The van der Waals surface area contributed by atoms with Crippen LogP contribution < -0.4 is 4.74 Å². The van der Waals surface area contributed by atoms with Crippen LogP contribution in [0.15, 0.2) is 53.1 Å². The second-order valence-electron chi connectivity index (χ2n) is 7.02. The van der Waals surface area contributed by atoms with Crippen LogP contribution in [-0.4, -0.2) is 36.2 Å². The number of carbonyl (C=O) groups is 1. The topological polar surface area (TPSA) is 55.6 Å². The zero-order valence-corrected chi connectivity index (χ0v) is 17.4. The number of ether oxygens (including phenoxy) is 1. The fraction of sp³-hybridized carbons (Fsp3) is 0.217. The Labute approximate surface area is 178 Å². The molecule has 0 fully saturated rings. The largest absolute Gasteiger partial charge is 0.497 e. The van der Waals surface area contributed by atoms with Crippen molar-refractivity contribution in [3.05, 3.63) is 76.3 Å². The molecule has 7 heteroatoms. The fourth-order valence-electron chi connectivity index (χ4n) is 3.60. The molecule has 1 amide bonds. The van der Waals surface area contributed by atoms with Gasteiger partial charge in [-0.05, 0) is 48.7 Å². The quantitative estimate of drug-likeness (QED) is 0.562. The van der Waals surface area contributed by atoms with Crippen LogP contribution in [-0.2, 0) is 0 Å². The van der Waals surface area contributed by atoms with Gasteiger partial charge < -0.3 is 14.2 Å². The number of rotatable bonds is 4. The molecule has 1 aliphatic rings. The summed E-state index contributed by atoms with van der Waals surface area (Å²) < 4.78 is 24.8. The van der Waals surface area contributed by atoms with E-state index in [9.17, 15) is 9.18 Å². The molecule has 0 spiro atoms. The maximum atomic E-state index is 14.4. The Balaban J connectivity index is 1.59. The fourth-order valence-corrected chi connectivity index (χ4v) is 3.85. The number of aromatic nitrogens is 1. The SMILES string of the molecule is COc1ccc(C2=CCN(C(=O)c3c(-c4c(F)cccc4Cl)noc3C)CC2)cc1. The third-order valence-electron chi connectivity index (χ3n) is 5.23. The number of halogens is 2. The number of carbonyl (C=O) groups excluding carboxylic acids is 1. The van der Waals surface area contributed by atoms with Crippen molar-refractivity contribution < 1.29 is 18.4 Å². The van der Waals surface area contributed by atoms with Crippen LogP contribution in [0.4, 0.5) is 4.39 Å². The Morgan fingerprint density at radius 2 is 2.00 bits per heavy atom. The van der Waals surface area contributed by atoms with Gasteiger partial charge in [0.1, 0.15) is 28.6 Å². The van der Waals surface area contributed by atoms with Crippen LogP contribution >= 0.6 is 11.6 Å². The molecule has 3 aromatic rings. The van der Waals surface area contributed by atoms with E-state index >= 15 is 0 Å². The van der Waals surface area contributed by atoms with E-state index in [1.165, 1.54) is 17.7 Å². The molecule has 30 heavy (non-hydrogen) atoms. The van der Waals surface area contributed by atoms with Gasteiger partial charge in [0.15, 0.2) is 0 Å². The van der Waals surface area contributed by atoms with Crippen molar-refractivity contribution >= 4 is 23.1 Å². The van der Waals surface area contributed by atoms with Crippen molar-refractivity contribution in [2.45, 2.75) is 13.3 Å². The van der Waals surface area contributed by atoms with Gasteiger partial charge in [-0.25, -0.2) is 4.39 Å². The molecule has 0 atom stereocenters. The van der Waals surface area contributed by atoms with E-state index in [1.807, 2.05) is 30.3 Å². The van der Waals surface area contributed by atoms with Crippen LogP contribution in [0.1, 0.15) is 28.1 Å². The predicted molar refractivity (Wildman–Crippen MR) is 113 cm³/mol. The maximum Gasteiger partial charge on any atom is 0.260 e. The highest BCUT2D eigenvalue weighted by molar-refractivity contribution is 6.33. The molecule has 2 heterocycles. The Morgan fingerprint density at radius 1 is 1.23 bits per heavy atom. The number of benzene rings is 2. The van der Waals surface area contributed by atoms with Crippen molar-refractivity contribution in [3.8, 4) is 17.0 Å². The average Bonchev–Trinajstić information content (AvgIpc) is 3.14. The second-order valence-corrected chi connectivity index (χ2v) is 7.43. The molecule has 4 rings (SSSR count). The maximum absolute atomic E-state index is 14.4. The monoisotopic (exact) mass is 426 g/mol. The van der Waals surface area contributed by atoms with Crippen molar-refractivity contribution in [2.24, 2.45) is 0 Å². The van der Waals surface area contributed by atoms with Gasteiger partial charge in [0.2, 0.25) is 0 Å². The van der Waals surface area contributed by atoms with Crippen LogP contribution in [0.5, 0.6) is 5.75 Å². The summed E-state index contributed by atoms with van der Waals surface area (Å²) >= 11 is 6.18. The molecule has 0 saturated heterocycles. The highest BCUT2D eigenvalue weighted by Gasteiger charge is 2.29. The first-order chi connectivity index (χ1) is 14.5. The molecule has 154 valence electrons. The minimum Gasteiger partial charge on any atom is -0.497 e. The van der Waals surface area contributed by atoms with Gasteiger partial charge >= 0.3 is 0 Å². The Kier molecular flexibility index (Phi) is 5.59. The lowest BCUT2D eigenvalue weighted by atomic mass is 9.98. The van der Waals surface area contributed by atoms with E-state index in [2.05, 4.69) is 5.16 Å². The predicted octanol–water partition coefficient (Wildman–Crippen LogP) is 5.38. The molecule has 0 aliphatic carbocycles. The minimum absolute atomic E-state index is 0.0749. The molecule has 0 unspecified atom stereocenters. The first-order valence-electron chi connectivity index (χ1n) is 9.53. The Hall–Kier alpha value is -3.12. The second kappa shape index (κ2) is 8.32. The summed E-state index contributed by atoms with van der Waals surface area (Å²) in [6, 6.07) is 12.2. The average molecular weight is 427 g/mol. The number of methoxy groups -OCH3 is 1. The summed E-state index contributed by atoms with van der Waals surface area (Å²) in [4.78, 5) is 14.9. The van der Waals surface area contributed by atoms with Gasteiger partial charge in [-0.2, -0.15) is 0 Å². The van der Waals surface area contributed by atoms with Gasteiger partial charge in [0.05, 0.1) is 17.7 Å². The summed E-state index contributed by atoms with van der Waals surface area (Å²) in [7, 11) is 1.63. The molecule has 0 N–H and O–H groups in total. The lowest BCUT2D eigenvalue weighted by molar-refractivity contribution is 0.0772. The minimum atomic E-state index is -0.551. The van der Waals surface area contributed by atoms with Gasteiger partial charge in [-0.15, -0.1) is 0 Å². The molecule has 1 aliphatic heterocycles. The van der Waals surface area contributed by atoms with Gasteiger partial charge in [0, 0.05) is 13.1 Å². The summed E-state index contributed by atoms with van der Waals surface area (Å²) in [6.45, 7) is 2.61. The summed E-state index contributed by atoms with van der Waals surface area (Å²) in [6.07, 6.45) is 2.74. The van der Waals surface area contributed by atoms with E-state index in [0.29, 0.717) is 25.3 Å². The third-order valence-corrected chi connectivity index (χ3v) is 5.55. The number of hydrogen-bond donors (Lipinski definition) is 0. The van der Waals surface area contributed by atoms with Crippen LogP contribution in [0.3, 0.4) is 0 Å².